The minimum atomic E-state index is 0. The molecule has 3 nitrogen and oxygen atoms in total. The summed E-state index contributed by atoms with van der Waals surface area (Å²) in [6.45, 7) is 5.11. The molecule has 2 rings (SSSR count). The maximum absolute atomic E-state index is 11.8. The van der Waals surface area contributed by atoms with Gasteiger partial charge in [0.2, 0.25) is 5.91 Å². The molecule has 1 aliphatic rings. The molecule has 1 heterocycles. The zero-order valence-electron chi connectivity index (χ0n) is 14.0. The van der Waals surface area contributed by atoms with E-state index in [4.69, 9.17) is 0 Å². The Bertz CT molecular complexity index is 447. The molecule has 130 valence electrons. The molecule has 0 bridgehead atoms. The number of nitrogens with one attached hydrogen (secondary N) is 2. The van der Waals surface area contributed by atoms with Crippen LogP contribution in [-0.2, 0) is 10.5 Å². The number of halogens is 1. The molecule has 0 spiro atoms. The third-order valence-electron chi connectivity index (χ3n) is 4.20. The van der Waals surface area contributed by atoms with Crippen LogP contribution in [0.5, 0.6) is 0 Å². The number of carbonyl (C=O) groups is 1. The first-order valence-corrected chi connectivity index (χ1v) is 9.50. The van der Waals surface area contributed by atoms with Crippen molar-refractivity contribution in [3.63, 3.8) is 0 Å². The van der Waals surface area contributed by atoms with Gasteiger partial charge in [-0.15, -0.1) is 12.4 Å². The van der Waals surface area contributed by atoms with E-state index in [0.717, 1.165) is 43.5 Å². The molecule has 1 fully saturated rings. The summed E-state index contributed by atoms with van der Waals surface area (Å²) in [7, 11) is 0. The third-order valence-corrected chi connectivity index (χ3v) is 5.23. The number of hydrogen-bond acceptors (Lipinski definition) is 3. The standard InChI is InChI=1S/C18H28N2OS.ClH/c1-15-2-4-17(5-3-15)14-22-13-12-20-18(21)7-6-16-8-10-19-11-9-16;/h2-5,16,19H,6-14H2,1H3,(H,20,21);1H. The number of rotatable bonds is 8. The fourth-order valence-electron chi connectivity index (χ4n) is 2.73. The Morgan fingerprint density at radius 1 is 1.26 bits per heavy atom. The summed E-state index contributed by atoms with van der Waals surface area (Å²) in [6, 6.07) is 8.66. The van der Waals surface area contributed by atoms with Gasteiger partial charge in [-0.05, 0) is 50.8 Å². The van der Waals surface area contributed by atoms with Gasteiger partial charge in [-0.2, -0.15) is 11.8 Å². The van der Waals surface area contributed by atoms with Crippen LogP contribution in [0.3, 0.4) is 0 Å². The van der Waals surface area contributed by atoms with E-state index in [1.807, 2.05) is 11.8 Å². The molecular formula is C18H29ClN2OS. The van der Waals surface area contributed by atoms with Crippen molar-refractivity contribution in [2.24, 2.45) is 5.92 Å². The van der Waals surface area contributed by atoms with Crippen molar-refractivity contribution in [1.29, 1.82) is 0 Å². The fourth-order valence-corrected chi connectivity index (χ4v) is 3.55. The fraction of sp³-hybridized carbons (Fsp3) is 0.611. The Hall–Kier alpha value is -0.710. The van der Waals surface area contributed by atoms with E-state index in [9.17, 15) is 4.79 Å². The van der Waals surface area contributed by atoms with Gasteiger partial charge in [0.25, 0.3) is 0 Å². The molecule has 5 heteroatoms. The number of hydrogen-bond donors (Lipinski definition) is 2. The predicted molar refractivity (Wildman–Crippen MR) is 102 cm³/mol. The lowest BCUT2D eigenvalue weighted by Crippen LogP contribution is -2.30. The summed E-state index contributed by atoms with van der Waals surface area (Å²) >= 11 is 1.88. The van der Waals surface area contributed by atoms with Gasteiger partial charge in [0.15, 0.2) is 0 Å². The van der Waals surface area contributed by atoms with Gasteiger partial charge in [0.05, 0.1) is 0 Å². The van der Waals surface area contributed by atoms with Gasteiger partial charge < -0.3 is 10.6 Å². The number of piperidine rings is 1. The van der Waals surface area contributed by atoms with Crippen LogP contribution in [0, 0.1) is 12.8 Å². The lowest BCUT2D eigenvalue weighted by Gasteiger charge is -2.22. The predicted octanol–water partition coefficient (Wildman–Crippen LogP) is 3.55. The largest absolute Gasteiger partial charge is 0.355 e. The number of benzene rings is 1. The lowest BCUT2D eigenvalue weighted by molar-refractivity contribution is -0.121. The third kappa shape index (κ3) is 8.63. The van der Waals surface area contributed by atoms with Crippen LogP contribution in [0.15, 0.2) is 24.3 Å². The maximum Gasteiger partial charge on any atom is 0.220 e. The quantitative estimate of drug-likeness (QED) is 0.700. The molecule has 0 aromatic heterocycles. The topological polar surface area (TPSA) is 41.1 Å². The number of thioether (sulfide) groups is 1. The van der Waals surface area contributed by atoms with Crippen LogP contribution in [-0.4, -0.2) is 31.3 Å². The average molecular weight is 357 g/mol. The summed E-state index contributed by atoms with van der Waals surface area (Å²) in [4.78, 5) is 11.8. The van der Waals surface area contributed by atoms with E-state index >= 15 is 0 Å². The molecule has 1 aromatic rings. The first kappa shape index (κ1) is 20.3. The Balaban J connectivity index is 0.00000264. The molecule has 2 N–H and O–H groups in total. The van der Waals surface area contributed by atoms with E-state index in [1.165, 1.54) is 24.0 Å². The van der Waals surface area contributed by atoms with Gasteiger partial charge in [0.1, 0.15) is 0 Å². The Kier molecular flexibility index (Phi) is 10.4. The molecule has 1 aliphatic heterocycles. The number of amides is 1. The molecule has 0 saturated carbocycles. The van der Waals surface area contributed by atoms with Crippen LogP contribution in [0.2, 0.25) is 0 Å². The Labute approximate surface area is 150 Å². The lowest BCUT2D eigenvalue weighted by atomic mass is 9.93. The maximum atomic E-state index is 11.8. The Morgan fingerprint density at radius 2 is 1.96 bits per heavy atom. The average Bonchev–Trinajstić information content (AvgIpc) is 2.55. The van der Waals surface area contributed by atoms with Crippen LogP contribution in [0.25, 0.3) is 0 Å². The highest BCUT2D eigenvalue weighted by Gasteiger charge is 2.14. The van der Waals surface area contributed by atoms with Crippen molar-refractivity contribution in [2.45, 2.75) is 38.4 Å². The monoisotopic (exact) mass is 356 g/mol. The van der Waals surface area contributed by atoms with Crippen LogP contribution >= 0.6 is 24.2 Å². The minimum absolute atomic E-state index is 0. The number of carbonyl (C=O) groups excluding carboxylic acids is 1. The molecule has 1 saturated heterocycles. The molecule has 0 unspecified atom stereocenters. The van der Waals surface area contributed by atoms with Crippen LogP contribution in [0.1, 0.15) is 36.8 Å². The van der Waals surface area contributed by atoms with Gasteiger partial charge >= 0.3 is 0 Å². The van der Waals surface area contributed by atoms with E-state index in [0.29, 0.717) is 6.42 Å². The van der Waals surface area contributed by atoms with Crippen molar-refractivity contribution >= 4 is 30.1 Å². The van der Waals surface area contributed by atoms with Crippen LogP contribution < -0.4 is 10.6 Å². The van der Waals surface area contributed by atoms with Gasteiger partial charge in [-0.3, -0.25) is 4.79 Å². The number of aryl methyl sites for hydroxylation is 1. The second kappa shape index (κ2) is 11.8. The summed E-state index contributed by atoms with van der Waals surface area (Å²) in [6.07, 6.45) is 4.18. The normalized spacial score (nSPS) is 15.0. The van der Waals surface area contributed by atoms with Gasteiger partial charge in [0, 0.05) is 24.5 Å². The second-order valence-corrected chi connectivity index (χ2v) is 7.23. The van der Waals surface area contributed by atoms with E-state index < -0.39 is 0 Å². The van der Waals surface area contributed by atoms with Crippen molar-refractivity contribution < 1.29 is 4.79 Å². The first-order chi connectivity index (χ1) is 10.7. The Morgan fingerprint density at radius 3 is 2.65 bits per heavy atom. The molecule has 1 amide bonds. The summed E-state index contributed by atoms with van der Waals surface area (Å²) in [5.41, 5.74) is 2.66. The van der Waals surface area contributed by atoms with Crippen molar-refractivity contribution in [2.75, 3.05) is 25.4 Å². The molecule has 0 radical (unpaired) electrons. The smallest absolute Gasteiger partial charge is 0.220 e. The first-order valence-electron chi connectivity index (χ1n) is 8.35. The molecule has 0 aliphatic carbocycles. The molecular weight excluding hydrogens is 328 g/mol. The van der Waals surface area contributed by atoms with Crippen molar-refractivity contribution in [3.8, 4) is 0 Å². The second-order valence-electron chi connectivity index (χ2n) is 6.12. The highest BCUT2D eigenvalue weighted by molar-refractivity contribution is 7.98. The molecule has 0 atom stereocenters. The summed E-state index contributed by atoms with van der Waals surface area (Å²) in [5, 5.41) is 6.41. The van der Waals surface area contributed by atoms with Crippen molar-refractivity contribution in [3.05, 3.63) is 35.4 Å². The summed E-state index contributed by atoms with van der Waals surface area (Å²) in [5.74, 6) is 2.95. The zero-order chi connectivity index (χ0) is 15.6. The van der Waals surface area contributed by atoms with E-state index in [2.05, 4.69) is 41.8 Å². The van der Waals surface area contributed by atoms with Crippen molar-refractivity contribution in [1.82, 2.24) is 10.6 Å². The highest BCUT2D eigenvalue weighted by atomic mass is 35.5. The van der Waals surface area contributed by atoms with Crippen LogP contribution in [0.4, 0.5) is 0 Å². The van der Waals surface area contributed by atoms with E-state index in [-0.39, 0.29) is 18.3 Å². The van der Waals surface area contributed by atoms with Gasteiger partial charge in [-0.25, -0.2) is 0 Å². The molecule has 1 aromatic carbocycles. The summed E-state index contributed by atoms with van der Waals surface area (Å²) < 4.78 is 0. The minimum Gasteiger partial charge on any atom is -0.355 e. The van der Waals surface area contributed by atoms with E-state index in [1.54, 1.807) is 0 Å². The zero-order valence-corrected chi connectivity index (χ0v) is 15.6. The molecule has 23 heavy (non-hydrogen) atoms. The highest BCUT2D eigenvalue weighted by Crippen LogP contribution is 2.17. The SMILES string of the molecule is Cc1ccc(CSCCNC(=O)CCC2CCNCC2)cc1.Cl. The van der Waals surface area contributed by atoms with Gasteiger partial charge in [-0.1, -0.05) is 29.8 Å².